The Morgan fingerprint density at radius 1 is 0.912 bits per heavy atom. The summed E-state index contributed by atoms with van der Waals surface area (Å²) < 4.78 is 24.0. The van der Waals surface area contributed by atoms with Gasteiger partial charge < -0.3 is 21.1 Å². The van der Waals surface area contributed by atoms with E-state index in [2.05, 4.69) is 0 Å². The van der Waals surface area contributed by atoms with Crippen LogP contribution in [-0.2, 0) is 17.8 Å². The van der Waals surface area contributed by atoms with Crippen LogP contribution < -0.4 is 32.6 Å². The number of benzene rings is 2. The Morgan fingerprint density at radius 2 is 1.53 bits per heavy atom. The first-order valence-corrected chi connectivity index (χ1v) is 10.9. The molecular formula is C22H24FN7O4. The van der Waals surface area contributed by atoms with Crippen LogP contribution in [0.2, 0.25) is 0 Å². The maximum atomic E-state index is 15.1. The Labute approximate surface area is 193 Å². The van der Waals surface area contributed by atoms with Gasteiger partial charge in [0.05, 0.1) is 36.7 Å². The largest absolute Gasteiger partial charge is 0.443 e. The molecule has 178 valence electrons. The van der Waals surface area contributed by atoms with Crippen molar-refractivity contribution >= 4 is 23.2 Å². The number of hydrogen-bond acceptors (Lipinski definition) is 7. The second-order valence-corrected chi connectivity index (χ2v) is 8.21. The summed E-state index contributed by atoms with van der Waals surface area (Å²) in [5, 5.41) is 0. The molecule has 11 nitrogen and oxygen atoms in total. The third kappa shape index (κ3) is 3.61. The van der Waals surface area contributed by atoms with E-state index in [1.807, 2.05) is 0 Å². The zero-order valence-corrected chi connectivity index (χ0v) is 18.3. The standard InChI is InChI=1S/C22H24FN7O4/c23-18-11-16(27-13-17(12-24)34-22(27)33)5-6-19(18)26-7-9-28-20(31)30(21(32)29(28)10-8-26)15-3-1-14(25)2-4-15/h1-6,11,17H,7-10,12-13,24-25H2/t17-/m0/s1. The number of amides is 1. The van der Waals surface area contributed by atoms with E-state index in [1.165, 1.54) is 20.3 Å². The maximum absolute atomic E-state index is 15.1. The lowest BCUT2D eigenvalue weighted by Crippen LogP contribution is -2.33. The van der Waals surface area contributed by atoms with E-state index < -0.39 is 29.4 Å². The van der Waals surface area contributed by atoms with E-state index in [0.717, 1.165) is 4.57 Å². The van der Waals surface area contributed by atoms with Gasteiger partial charge in [0, 0.05) is 25.3 Å². The Morgan fingerprint density at radius 3 is 2.09 bits per heavy atom. The first-order valence-electron chi connectivity index (χ1n) is 10.9. The molecule has 1 aromatic heterocycles. The number of cyclic esters (lactones) is 1. The van der Waals surface area contributed by atoms with Crippen molar-refractivity contribution in [2.75, 3.05) is 41.7 Å². The summed E-state index contributed by atoms with van der Waals surface area (Å²) >= 11 is 0. The van der Waals surface area contributed by atoms with Crippen LogP contribution in [0.1, 0.15) is 0 Å². The minimum absolute atomic E-state index is 0.191. The van der Waals surface area contributed by atoms with Gasteiger partial charge in [-0.3, -0.25) is 4.90 Å². The second-order valence-electron chi connectivity index (χ2n) is 8.21. The first kappa shape index (κ1) is 21.8. The zero-order valence-electron chi connectivity index (χ0n) is 18.3. The number of aromatic nitrogens is 3. The highest BCUT2D eigenvalue weighted by Gasteiger charge is 2.32. The normalized spacial score (nSPS) is 18.1. The number of hydrogen-bond donors (Lipinski definition) is 2. The molecule has 1 amide bonds. The Hall–Kier alpha value is -4.06. The second kappa shape index (κ2) is 8.37. The highest BCUT2D eigenvalue weighted by atomic mass is 19.1. The summed E-state index contributed by atoms with van der Waals surface area (Å²) in [4.78, 5) is 41.1. The molecule has 12 heteroatoms. The van der Waals surface area contributed by atoms with E-state index in [9.17, 15) is 14.4 Å². The average molecular weight is 469 g/mol. The van der Waals surface area contributed by atoms with E-state index in [-0.39, 0.29) is 26.2 Å². The van der Waals surface area contributed by atoms with Crippen molar-refractivity contribution in [3.8, 4) is 5.69 Å². The number of rotatable bonds is 4. The van der Waals surface area contributed by atoms with Crippen LogP contribution in [0.25, 0.3) is 5.69 Å². The molecule has 0 saturated carbocycles. The lowest BCUT2D eigenvalue weighted by atomic mass is 10.2. The van der Waals surface area contributed by atoms with Crippen LogP contribution in [0.5, 0.6) is 0 Å². The maximum Gasteiger partial charge on any atom is 0.414 e. The first-order chi connectivity index (χ1) is 16.4. The number of nitrogens with two attached hydrogens (primary N) is 2. The molecule has 2 aliphatic heterocycles. The highest BCUT2D eigenvalue weighted by molar-refractivity contribution is 5.90. The molecule has 1 saturated heterocycles. The summed E-state index contributed by atoms with van der Waals surface area (Å²) in [6, 6.07) is 11.0. The van der Waals surface area contributed by atoms with Crippen LogP contribution in [0.4, 0.5) is 26.2 Å². The third-order valence-electron chi connectivity index (χ3n) is 6.15. The third-order valence-corrected chi connectivity index (χ3v) is 6.15. The lowest BCUT2D eigenvalue weighted by Gasteiger charge is -2.23. The molecule has 1 fully saturated rings. The highest BCUT2D eigenvalue weighted by Crippen LogP contribution is 2.28. The number of carbonyl (C=O) groups is 1. The van der Waals surface area contributed by atoms with Crippen molar-refractivity contribution in [3.05, 3.63) is 69.3 Å². The van der Waals surface area contributed by atoms with Crippen LogP contribution in [-0.4, -0.2) is 52.3 Å². The van der Waals surface area contributed by atoms with E-state index >= 15 is 4.39 Å². The number of fused-ring (bicyclic) bond motifs is 1. The minimum atomic E-state index is -0.562. The Kier molecular flexibility index (Phi) is 5.36. The Bertz CT molecular complexity index is 1320. The zero-order chi connectivity index (χ0) is 24.0. The molecule has 3 aromatic rings. The summed E-state index contributed by atoms with van der Waals surface area (Å²) in [5.74, 6) is -0.514. The van der Waals surface area contributed by atoms with Gasteiger partial charge in [0.25, 0.3) is 0 Å². The van der Waals surface area contributed by atoms with Crippen LogP contribution >= 0.6 is 0 Å². The molecule has 1 atom stereocenters. The fourth-order valence-corrected chi connectivity index (χ4v) is 4.36. The van der Waals surface area contributed by atoms with Gasteiger partial charge in [0.2, 0.25) is 0 Å². The number of ether oxygens (including phenoxy) is 1. The number of carbonyl (C=O) groups excluding carboxylic acids is 1. The summed E-state index contributed by atoms with van der Waals surface area (Å²) in [6.45, 7) is 1.50. The molecule has 0 spiro atoms. The molecule has 34 heavy (non-hydrogen) atoms. The van der Waals surface area contributed by atoms with Gasteiger partial charge in [-0.15, -0.1) is 0 Å². The van der Waals surface area contributed by atoms with Gasteiger partial charge in [0.1, 0.15) is 11.9 Å². The predicted octanol–water partition coefficient (Wildman–Crippen LogP) is 0.326. The molecule has 0 unspecified atom stereocenters. The van der Waals surface area contributed by atoms with Crippen molar-refractivity contribution in [2.45, 2.75) is 19.2 Å². The average Bonchev–Trinajstić information content (AvgIpc) is 3.20. The predicted molar refractivity (Wildman–Crippen MR) is 124 cm³/mol. The molecule has 3 heterocycles. The smallest absolute Gasteiger partial charge is 0.414 e. The molecule has 0 bridgehead atoms. The molecule has 2 aromatic carbocycles. The number of nitrogens with zero attached hydrogens (tertiary/aromatic N) is 5. The molecule has 2 aliphatic rings. The SMILES string of the molecule is NC[C@H]1CN(c2ccc(N3CCn4c(=O)n(-c5ccc(N)cc5)c(=O)n4CC3)c(F)c2)C(=O)O1. The molecular weight excluding hydrogens is 445 g/mol. The van der Waals surface area contributed by atoms with Crippen molar-refractivity contribution in [1.82, 2.24) is 13.9 Å². The van der Waals surface area contributed by atoms with Crippen LogP contribution in [0.15, 0.2) is 52.1 Å². The minimum Gasteiger partial charge on any atom is -0.443 e. The van der Waals surface area contributed by atoms with Crippen LogP contribution in [0.3, 0.4) is 0 Å². The van der Waals surface area contributed by atoms with Gasteiger partial charge in [-0.2, -0.15) is 0 Å². The fraction of sp³-hybridized carbons (Fsp3) is 0.318. The summed E-state index contributed by atoms with van der Waals surface area (Å²) in [5.41, 5.74) is 12.0. The number of nitrogen functional groups attached to an aromatic ring is 1. The molecule has 5 rings (SSSR count). The van der Waals surface area contributed by atoms with Gasteiger partial charge in [-0.05, 0) is 42.5 Å². The quantitative estimate of drug-likeness (QED) is 0.526. The molecule has 4 N–H and O–H groups in total. The molecule has 0 radical (unpaired) electrons. The van der Waals surface area contributed by atoms with Crippen molar-refractivity contribution in [2.24, 2.45) is 5.73 Å². The van der Waals surface area contributed by atoms with E-state index in [4.69, 9.17) is 16.2 Å². The monoisotopic (exact) mass is 469 g/mol. The van der Waals surface area contributed by atoms with Gasteiger partial charge in [0.15, 0.2) is 0 Å². The number of halogens is 1. The van der Waals surface area contributed by atoms with Crippen molar-refractivity contribution in [3.63, 3.8) is 0 Å². The van der Waals surface area contributed by atoms with E-state index in [1.54, 1.807) is 41.3 Å². The van der Waals surface area contributed by atoms with Gasteiger partial charge in [-0.1, -0.05) is 0 Å². The van der Waals surface area contributed by atoms with Gasteiger partial charge in [-0.25, -0.2) is 32.7 Å². The fourth-order valence-electron chi connectivity index (χ4n) is 4.36. The van der Waals surface area contributed by atoms with Gasteiger partial charge >= 0.3 is 17.5 Å². The van der Waals surface area contributed by atoms with E-state index in [0.29, 0.717) is 35.8 Å². The summed E-state index contributed by atoms with van der Waals surface area (Å²) in [7, 11) is 0. The van der Waals surface area contributed by atoms with Crippen LogP contribution in [0, 0.1) is 5.82 Å². The molecule has 0 aliphatic carbocycles. The van der Waals surface area contributed by atoms with Crippen molar-refractivity contribution < 1.29 is 13.9 Å². The lowest BCUT2D eigenvalue weighted by molar-refractivity contribution is 0.145. The topological polar surface area (TPSA) is 134 Å². The van der Waals surface area contributed by atoms with Crippen molar-refractivity contribution in [1.29, 1.82) is 0 Å². The number of anilines is 3. The summed E-state index contributed by atoms with van der Waals surface area (Å²) in [6.07, 6.45) is -0.986. The Balaban J connectivity index is 1.38.